The van der Waals surface area contributed by atoms with Gasteiger partial charge in [-0.3, -0.25) is 19.4 Å². The van der Waals surface area contributed by atoms with Crippen molar-refractivity contribution in [2.24, 2.45) is 9.98 Å². The number of nitrogens with one attached hydrogen (secondary N) is 2. The summed E-state index contributed by atoms with van der Waals surface area (Å²) in [5.74, 6) is 0.816. The van der Waals surface area contributed by atoms with Crippen LogP contribution in [0.3, 0.4) is 0 Å². The van der Waals surface area contributed by atoms with Crippen molar-refractivity contribution in [3.63, 3.8) is 0 Å². The van der Waals surface area contributed by atoms with Crippen molar-refractivity contribution in [3.05, 3.63) is 59.7 Å². The number of aliphatic imine (C=N–C) groups is 2. The molecule has 0 bridgehead atoms. The number of ether oxygens (including phenoxy) is 2. The zero-order valence-corrected chi connectivity index (χ0v) is 22.3. The van der Waals surface area contributed by atoms with Crippen LogP contribution in [0.4, 0.5) is 5.69 Å². The Morgan fingerprint density at radius 2 is 1.84 bits per heavy atom. The van der Waals surface area contributed by atoms with Crippen LogP contribution in [0.15, 0.2) is 58.5 Å². The van der Waals surface area contributed by atoms with E-state index in [4.69, 9.17) is 9.47 Å². The fourth-order valence-electron chi connectivity index (χ4n) is 4.01. The molecule has 2 heterocycles. The highest BCUT2D eigenvalue weighted by Crippen LogP contribution is 2.34. The number of fused-ring (bicyclic) bond motifs is 3. The fourth-order valence-corrected chi connectivity index (χ4v) is 4.84. The first-order chi connectivity index (χ1) is 18.5. The molecule has 38 heavy (non-hydrogen) atoms. The summed E-state index contributed by atoms with van der Waals surface area (Å²) in [6.07, 6.45) is 1.15. The Kier molecular flexibility index (Phi) is 9.50. The third-order valence-electron chi connectivity index (χ3n) is 6.02. The van der Waals surface area contributed by atoms with Crippen molar-refractivity contribution in [3.8, 4) is 5.75 Å². The molecule has 0 radical (unpaired) electrons. The summed E-state index contributed by atoms with van der Waals surface area (Å²) in [5, 5.41) is 6.13. The Labute approximate surface area is 225 Å². The van der Waals surface area contributed by atoms with Crippen LogP contribution in [0.5, 0.6) is 5.75 Å². The van der Waals surface area contributed by atoms with E-state index in [9.17, 15) is 14.4 Å². The van der Waals surface area contributed by atoms with Crippen LogP contribution in [-0.2, 0) is 25.7 Å². The quantitative estimate of drug-likeness (QED) is 0.402. The van der Waals surface area contributed by atoms with E-state index in [1.165, 1.54) is 16.7 Å². The van der Waals surface area contributed by atoms with Gasteiger partial charge in [-0.15, -0.1) is 0 Å². The van der Waals surface area contributed by atoms with E-state index in [0.29, 0.717) is 36.4 Å². The predicted molar refractivity (Wildman–Crippen MR) is 147 cm³/mol. The Morgan fingerprint density at radius 3 is 2.61 bits per heavy atom. The average molecular weight is 538 g/mol. The number of para-hydroxylation sites is 1. The monoisotopic (exact) mass is 537 g/mol. The number of methoxy groups -OCH3 is 2. The number of rotatable bonds is 12. The largest absolute Gasteiger partial charge is 0.497 e. The molecule has 4 rings (SSSR count). The van der Waals surface area contributed by atoms with Gasteiger partial charge in [-0.25, -0.2) is 9.89 Å². The molecular weight excluding hydrogens is 506 g/mol. The Balaban J connectivity index is 1.36. The molecule has 200 valence electrons. The van der Waals surface area contributed by atoms with Crippen molar-refractivity contribution in [1.82, 2.24) is 15.5 Å². The van der Waals surface area contributed by atoms with E-state index in [1.807, 2.05) is 48.5 Å². The summed E-state index contributed by atoms with van der Waals surface area (Å²) < 4.78 is 10.1. The molecule has 11 heteroatoms. The first-order valence-corrected chi connectivity index (χ1v) is 13.4. The van der Waals surface area contributed by atoms with Crippen molar-refractivity contribution in [2.45, 2.75) is 31.8 Å². The minimum Gasteiger partial charge on any atom is -0.497 e. The number of thioether (sulfide) groups is 1. The summed E-state index contributed by atoms with van der Waals surface area (Å²) in [5.41, 5.74) is 2.39. The molecule has 1 atom stereocenters. The zero-order chi connectivity index (χ0) is 26.9. The molecule has 0 saturated heterocycles. The SMILES string of the molecule is COCCCNC(=O)CSC1=Nc2ccccc2C2=N[C@H](CCC(=O)NCc3ccc(OC)cc3)C(=O)N12. The number of hydrogen-bond acceptors (Lipinski definition) is 8. The highest BCUT2D eigenvalue weighted by Gasteiger charge is 2.41. The summed E-state index contributed by atoms with van der Waals surface area (Å²) >= 11 is 1.19. The number of benzene rings is 2. The summed E-state index contributed by atoms with van der Waals surface area (Å²) in [6, 6.07) is 14.2. The fraction of sp³-hybridized carbons (Fsp3) is 0.370. The Hall–Kier alpha value is -3.70. The average Bonchev–Trinajstić information content (AvgIpc) is 3.28. The molecule has 0 aliphatic carbocycles. The van der Waals surface area contributed by atoms with Gasteiger partial charge >= 0.3 is 0 Å². The van der Waals surface area contributed by atoms with Gasteiger partial charge in [0.2, 0.25) is 11.8 Å². The van der Waals surface area contributed by atoms with Crippen LogP contribution in [0.25, 0.3) is 0 Å². The van der Waals surface area contributed by atoms with Crippen LogP contribution >= 0.6 is 11.8 Å². The van der Waals surface area contributed by atoms with E-state index < -0.39 is 6.04 Å². The van der Waals surface area contributed by atoms with Crippen molar-refractivity contribution < 1.29 is 23.9 Å². The highest BCUT2D eigenvalue weighted by molar-refractivity contribution is 8.14. The zero-order valence-electron chi connectivity index (χ0n) is 21.4. The van der Waals surface area contributed by atoms with Gasteiger partial charge in [0.1, 0.15) is 17.6 Å². The minimum absolute atomic E-state index is 0.115. The number of hydrogen-bond donors (Lipinski definition) is 2. The van der Waals surface area contributed by atoms with Crippen LogP contribution in [-0.4, -0.2) is 72.8 Å². The second kappa shape index (κ2) is 13.2. The molecule has 0 unspecified atom stereocenters. The van der Waals surface area contributed by atoms with Crippen LogP contribution in [0.1, 0.15) is 30.4 Å². The number of amidine groups is 2. The van der Waals surface area contributed by atoms with E-state index >= 15 is 0 Å². The number of carbonyl (C=O) groups excluding carboxylic acids is 3. The van der Waals surface area contributed by atoms with E-state index in [-0.39, 0.29) is 36.3 Å². The van der Waals surface area contributed by atoms with Gasteiger partial charge in [-0.1, -0.05) is 36.0 Å². The maximum absolute atomic E-state index is 13.4. The van der Waals surface area contributed by atoms with E-state index in [0.717, 1.165) is 23.3 Å². The van der Waals surface area contributed by atoms with Gasteiger partial charge in [0.25, 0.3) is 5.91 Å². The smallest absolute Gasteiger partial charge is 0.259 e. The summed E-state index contributed by atoms with van der Waals surface area (Å²) in [6.45, 7) is 1.47. The van der Waals surface area contributed by atoms with Crippen molar-refractivity contribution in [1.29, 1.82) is 0 Å². The van der Waals surface area contributed by atoms with Gasteiger partial charge in [-0.2, -0.15) is 0 Å². The van der Waals surface area contributed by atoms with Gasteiger partial charge in [0.05, 0.1) is 18.6 Å². The lowest BCUT2D eigenvalue weighted by molar-refractivity contribution is -0.125. The van der Waals surface area contributed by atoms with Gasteiger partial charge in [0.15, 0.2) is 5.17 Å². The first kappa shape index (κ1) is 27.3. The molecule has 2 aliphatic heterocycles. The first-order valence-electron chi connectivity index (χ1n) is 12.4. The highest BCUT2D eigenvalue weighted by atomic mass is 32.2. The third kappa shape index (κ3) is 6.78. The van der Waals surface area contributed by atoms with E-state index in [1.54, 1.807) is 14.2 Å². The normalized spacial score (nSPS) is 15.8. The second-order valence-corrected chi connectivity index (χ2v) is 9.64. The van der Waals surface area contributed by atoms with Crippen molar-refractivity contribution in [2.75, 3.05) is 33.1 Å². The topological polar surface area (TPSA) is 122 Å². The molecule has 0 fully saturated rings. The minimum atomic E-state index is -0.698. The Morgan fingerprint density at radius 1 is 1.05 bits per heavy atom. The second-order valence-electron chi connectivity index (χ2n) is 8.70. The standard InChI is InChI=1S/C27H31N5O5S/c1-36-15-5-14-28-24(34)17-38-27-31-21-7-4-3-6-20(21)25-30-22(26(35)32(25)27)12-13-23(33)29-16-18-8-10-19(37-2)11-9-18/h3-4,6-11,22H,5,12-17H2,1-2H3,(H,28,34)(H,29,33)/t22-/m1/s1. The van der Waals surface area contributed by atoms with Gasteiger partial charge in [0, 0.05) is 38.8 Å². The number of carbonyl (C=O) groups is 3. The lowest BCUT2D eigenvalue weighted by Crippen LogP contribution is -2.42. The summed E-state index contributed by atoms with van der Waals surface area (Å²) in [4.78, 5) is 48.9. The maximum atomic E-state index is 13.4. The molecule has 3 amide bonds. The molecular formula is C27H31N5O5S. The molecule has 2 N–H and O–H groups in total. The predicted octanol–water partition coefficient (Wildman–Crippen LogP) is 2.64. The molecule has 2 aromatic rings. The van der Waals surface area contributed by atoms with Crippen molar-refractivity contribution >= 4 is 46.2 Å². The Bertz CT molecular complexity index is 1230. The number of amides is 3. The molecule has 0 saturated carbocycles. The lowest BCUT2D eigenvalue weighted by Gasteiger charge is -2.25. The third-order valence-corrected chi connectivity index (χ3v) is 6.96. The van der Waals surface area contributed by atoms with Gasteiger partial charge < -0.3 is 20.1 Å². The molecule has 10 nitrogen and oxygen atoms in total. The maximum Gasteiger partial charge on any atom is 0.259 e. The number of nitrogens with zero attached hydrogens (tertiary/aromatic N) is 3. The molecule has 0 aromatic heterocycles. The van der Waals surface area contributed by atoms with E-state index in [2.05, 4.69) is 20.6 Å². The van der Waals surface area contributed by atoms with Crippen LogP contribution < -0.4 is 15.4 Å². The molecule has 0 spiro atoms. The van der Waals surface area contributed by atoms with Crippen LogP contribution in [0, 0.1) is 0 Å². The summed E-state index contributed by atoms with van der Waals surface area (Å²) in [7, 11) is 3.22. The van der Waals surface area contributed by atoms with Crippen LogP contribution in [0.2, 0.25) is 0 Å². The molecule has 2 aliphatic rings. The molecule has 2 aromatic carbocycles. The lowest BCUT2D eigenvalue weighted by atomic mass is 10.1. The van der Waals surface area contributed by atoms with Gasteiger partial charge in [-0.05, 0) is 42.7 Å².